The molecule has 0 saturated heterocycles. The van der Waals surface area contributed by atoms with Crippen LogP contribution in [0.1, 0.15) is 18.5 Å². The lowest BCUT2D eigenvalue weighted by atomic mass is 10.1. The van der Waals surface area contributed by atoms with Crippen molar-refractivity contribution in [3.63, 3.8) is 0 Å². The molecule has 0 fully saturated rings. The third-order valence-corrected chi connectivity index (χ3v) is 3.73. The molecule has 0 saturated carbocycles. The first-order chi connectivity index (χ1) is 10.1. The summed E-state index contributed by atoms with van der Waals surface area (Å²) in [4.78, 5) is 24.6. The van der Waals surface area contributed by atoms with Gasteiger partial charge in [0.1, 0.15) is 0 Å². The second-order valence-electron chi connectivity index (χ2n) is 4.88. The van der Waals surface area contributed by atoms with E-state index in [1.807, 2.05) is 22.9 Å². The Morgan fingerprint density at radius 3 is 2.76 bits per heavy atom. The Hall–Kier alpha value is -2.27. The van der Waals surface area contributed by atoms with E-state index in [4.69, 9.17) is 16.7 Å². The number of aliphatic carboxylic acids is 1. The van der Waals surface area contributed by atoms with Crippen LogP contribution < -0.4 is 4.90 Å². The van der Waals surface area contributed by atoms with Crippen molar-refractivity contribution in [2.75, 3.05) is 4.90 Å². The van der Waals surface area contributed by atoms with Crippen LogP contribution in [0, 0.1) is 0 Å². The molecule has 108 valence electrons. The molecule has 0 bridgehead atoms. The summed E-state index contributed by atoms with van der Waals surface area (Å²) in [6.07, 6.45) is 1.74. The molecule has 0 unspecified atom stereocenters. The molecule has 1 N–H and O–H groups in total. The Balaban J connectivity index is 1.98. The molecule has 21 heavy (non-hydrogen) atoms. The highest BCUT2D eigenvalue weighted by Gasteiger charge is 2.26. The van der Waals surface area contributed by atoms with Crippen molar-refractivity contribution in [1.29, 1.82) is 0 Å². The van der Waals surface area contributed by atoms with Crippen LogP contribution in [-0.2, 0) is 16.1 Å². The Labute approximate surface area is 126 Å². The van der Waals surface area contributed by atoms with Crippen molar-refractivity contribution in [2.24, 2.45) is 0 Å². The van der Waals surface area contributed by atoms with Gasteiger partial charge >= 0.3 is 5.97 Å². The normalized spacial score (nSPS) is 12.7. The number of amides is 1. The largest absolute Gasteiger partial charge is 0.481 e. The molecule has 0 spiro atoms. The third kappa shape index (κ3) is 2.52. The summed E-state index contributed by atoms with van der Waals surface area (Å²) in [6, 6.07) is 9.16. The van der Waals surface area contributed by atoms with Gasteiger partial charge in [-0.25, -0.2) is 0 Å². The van der Waals surface area contributed by atoms with E-state index in [0.29, 0.717) is 11.6 Å². The zero-order valence-electron chi connectivity index (χ0n) is 11.1. The summed E-state index contributed by atoms with van der Waals surface area (Å²) in [7, 11) is 0. The highest BCUT2D eigenvalue weighted by molar-refractivity contribution is 6.31. The van der Waals surface area contributed by atoms with Gasteiger partial charge in [0.2, 0.25) is 5.91 Å². The average Bonchev–Trinajstić information content (AvgIpc) is 2.92. The summed E-state index contributed by atoms with van der Waals surface area (Å²) in [5.41, 5.74) is 2.55. The van der Waals surface area contributed by atoms with Gasteiger partial charge in [-0.05, 0) is 30.3 Å². The number of carboxylic acids is 1. The SMILES string of the molecule is O=C(O)CCC(=O)N1Cc2cccn2-c2cc(Cl)ccc21. The summed E-state index contributed by atoms with van der Waals surface area (Å²) < 4.78 is 1.99. The smallest absolute Gasteiger partial charge is 0.303 e. The van der Waals surface area contributed by atoms with Gasteiger partial charge in [0.05, 0.1) is 24.3 Å². The minimum Gasteiger partial charge on any atom is -0.481 e. The fourth-order valence-corrected chi connectivity index (χ4v) is 2.68. The van der Waals surface area contributed by atoms with E-state index < -0.39 is 5.97 Å². The molecule has 0 aliphatic carbocycles. The molecular weight excluding hydrogens is 292 g/mol. The molecule has 2 aromatic rings. The molecule has 0 atom stereocenters. The third-order valence-electron chi connectivity index (χ3n) is 3.49. The number of nitrogens with zero attached hydrogens (tertiary/aromatic N) is 2. The number of carbonyl (C=O) groups is 2. The highest BCUT2D eigenvalue weighted by atomic mass is 35.5. The summed E-state index contributed by atoms with van der Waals surface area (Å²) in [6.45, 7) is 0.431. The van der Waals surface area contributed by atoms with E-state index in [1.165, 1.54) is 0 Å². The minimum absolute atomic E-state index is 0.0158. The fraction of sp³-hybridized carbons (Fsp3) is 0.200. The monoisotopic (exact) mass is 304 g/mol. The van der Waals surface area contributed by atoms with Crippen LogP contribution in [0.2, 0.25) is 5.02 Å². The van der Waals surface area contributed by atoms with E-state index in [0.717, 1.165) is 17.1 Å². The number of rotatable bonds is 3. The van der Waals surface area contributed by atoms with Gasteiger partial charge in [0, 0.05) is 23.3 Å². The predicted octanol–water partition coefficient (Wildman–Crippen LogP) is 2.84. The lowest BCUT2D eigenvalue weighted by Gasteiger charge is -2.31. The molecule has 1 aliphatic rings. The van der Waals surface area contributed by atoms with E-state index >= 15 is 0 Å². The molecular formula is C15H13ClN2O3. The second kappa shape index (κ2) is 5.26. The number of anilines is 1. The Morgan fingerprint density at radius 2 is 2.00 bits per heavy atom. The Morgan fingerprint density at radius 1 is 1.19 bits per heavy atom. The van der Waals surface area contributed by atoms with Crippen molar-refractivity contribution in [3.8, 4) is 5.69 Å². The fourth-order valence-electron chi connectivity index (χ4n) is 2.52. The molecule has 1 aromatic carbocycles. The Bertz CT molecular complexity index is 723. The molecule has 1 aromatic heterocycles. The minimum atomic E-state index is -0.972. The Kier molecular flexibility index (Phi) is 3.43. The number of hydrogen-bond donors (Lipinski definition) is 1. The van der Waals surface area contributed by atoms with Gasteiger partial charge in [-0.3, -0.25) is 9.59 Å². The first kappa shape index (κ1) is 13.7. The van der Waals surface area contributed by atoms with Gasteiger partial charge in [-0.2, -0.15) is 0 Å². The number of hydrogen-bond acceptors (Lipinski definition) is 2. The van der Waals surface area contributed by atoms with E-state index in [2.05, 4.69) is 0 Å². The first-order valence-corrected chi connectivity index (χ1v) is 6.92. The quantitative estimate of drug-likeness (QED) is 0.948. The van der Waals surface area contributed by atoms with Gasteiger partial charge in [0.15, 0.2) is 0 Å². The molecule has 2 heterocycles. The average molecular weight is 305 g/mol. The van der Waals surface area contributed by atoms with Crippen molar-refractivity contribution in [2.45, 2.75) is 19.4 Å². The number of carboxylic acid groups (broad SMARTS) is 1. The van der Waals surface area contributed by atoms with Crippen LogP contribution in [0.3, 0.4) is 0 Å². The van der Waals surface area contributed by atoms with Gasteiger partial charge in [-0.15, -0.1) is 0 Å². The number of benzene rings is 1. The van der Waals surface area contributed by atoms with E-state index in [9.17, 15) is 9.59 Å². The molecule has 6 heteroatoms. The lowest BCUT2D eigenvalue weighted by molar-refractivity contribution is -0.138. The van der Waals surface area contributed by atoms with Crippen LogP contribution in [-0.4, -0.2) is 21.6 Å². The maximum atomic E-state index is 12.3. The van der Waals surface area contributed by atoms with E-state index in [-0.39, 0.29) is 18.7 Å². The molecule has 5 nitrogen and oxygen atoms in total. The molecule has 0 radical (unpaired) electrons. The van der Waals surface area contributed by atoms with E-state index in [1.54, 1.807) is 23.1 Å². The predicted molar refractivity (Wildman–Crippen MR) is 78.8 cm³/mol. The highest BCUT2D eigenvalue weighted by Crippen LogP contribution is 2.34. The van der Waals surface area contributed by atoms with Crippen molar-refractivity contribution in [3.05, 3.63) is 47.2 Å². The van der Waals surface area contributed by atoms with Crippen molar-refractivity contribution < 1.29 is 14.7 Å². The molecule has 1 amide bonds. The van der Waals surface area contributed by atoms with Crippen LogP contribution in [0.5, 0.6) is 0 Å². The first-order valence-electron chi connectivity index (χ1n) is 6.54. The zero-order chi connectivity index (χ0) is 15.0. The van der Waals surface area contributed by atoms with Gasteiger partial charge in [0.25, 0.3) is 0 Å². The number of carbonyl (C=O) groups excluding carboxylic acids is 1. The van der Waals surface area contributed by atoms with Crippen LogP contribution in [0.15, 0.2) is 36.5 Å². The standard InChI is InChI=1S/C15H13ClN2O3/c16-10-3-4-12-13(8-10)17-7-1-2-11(17)9-18(12)14(19)5-6-15(20)21/h1-4,7-8H,5-6,9H2,(H,20,21). The number of fused-ring (bicyclic) bond motifs is 3. The summed E-state index contributed by atoms with van der Waals surface area (Å²) in [5.74, 6) is -1.17. The molecule has 3 rings (SSSR count). The second-order valence-corrected chi connectivity index (χ2v) is 5.31. The topological polar surface area (TPSA) is 62.5 Å². The van der Waals surface area contributed by atoms with Gasteiger partial charge < -0.3 is 14.6 Å². The van der Waals surface area contributed by atoms with Gasteiger partial charge in [-0.1, -0.05) is 11.6 Å². The lowest BCUT2D eigenvalue weighted by Crippen LogP contribution is -2.35. The summed E-state index contributed by atoms with van der Waals surface area (Å²) in [5, 5.41) is 9.32. The zero-order valence-corrected chi connectivity index (χ0v) is 11.9. The van der Waals surface area contributed by atoms with Crippen LogP contribution >= 0.6 is 11.6 Å². The van der Waals surface area contributed by atoms with Crippen LogP contribution in [0.25, 0.3) is 5.69 Å². The maximum absolute atomic E-state index is 12.3. The maximum Gasteiger partial charge on any atom is 0.303 e. The molecule has 1 aliphatic heterocycles. The number of aromatic nitrogens is 1. The summed E-state index contributed by atoms with van der Waals surface area (Å²) >= 11 is 6.05. The van der Waals surface area contributed by atoms with Crippen molar-refractivity contribution in [1.82, 2.24) is 4.57 Å². The number of halogens is 1. The van der Waals surface area contributed by atoms with Crippen molar-refractivity contribution >= 4 is 29.2 Å². The van der Waals surface area contributed by atoms with Crippen LogP contribution in [0.4, 0.5) is 5.69 Å².